The molecule has 4 nitrogen and oxygen atoms in total. The van der Waals surface area contributed by atoms with Gasteiger partial charge in [-0.05, 0) is 30.7 Å². The number of piperazine rings is 1. The molecule has 0 radical (unpaired) electrons. The topological polar surface area (TPSA) is 32.8 Å². The van der Waals surface area contributed by atoms with Crippen LogP contribution in [0.15, 0.2) is 60.7 Å². The van der Waals surface area contributed by atoms with Crippen LogP contribution in [-0.2, 0) is 4.79 Å². The molecule has 136 valence electrons. The second kappa shape index (κ2) is 9.09. The maximum atomic E-state index is 12.5. The van der Waals surface area contributed by atoms with Crippen LogP contribution in [0.3, 0.4) is 0 Å². The standard InChI is InChI=1S/C22H26N2O2/c1-2-18-26-21-11-7-6-8-19(21)12-13-22(25)24-16-14-23(15-17-24)20-9-4-3-5-10-20/h3-13H,2,14-18H2,1H3/b13-12+. The van der Waals surface area contributed by atoms with Crippen LogP contribution in [0.1, 0.15) is 18.9 Å². The fourth-order valence-electron chi connectivity index (χ4n) is 3.05. The van der Waals surface area contributed by atoms with E-state index in [4.69, 9.17) is 4.74 Å². The molecule has 1 aliphatic rings. The van der Waals surface area contributed by atoms with E-state index >= 15 is 0 Å². The molecule has 0 aromatic heterocycles. The van der Waals surface area contributed by atoms with Crippen molar-refractivity contribution in [1.29, 1.82) is 0 Å². The van der Waals surface area contributed by atoms with Gasteiger partial charge in [-0.2, -0.15) is 0 Å². The maximum Gasteiger partial charge on any atom is 0.246 e. The zero-order valence-corrected chi connectivity index (χ0v) is 15.3. The van der Waals surface area contributed by atoms with Crippen LogP contribution in [0.2, 0.25) is 0 Å². The number of carbonyl (C=O) groups excluding carboxylic acids is 1. The third-order valence-electron chi connectivity index (χ3n) is 4.50. The van der Waals surface area contributed by atoms with Crippen LogP contribution in [0, 0.1) is 0 Å². The van der Waals surface area contributed by atoms with Crippen LogP contribution < -0.4 is 9.64 Å². The average molecular weight is 350 g/mol. The molecule has 1 heterocycles. The van der Waals surface area contributed by atoms with Gasteiger partial charge in [0.2, 0.25) is 5.91 Å². The number of rotatable bonds is 6. The summed E-state index contributed by atoms with van der Waals surface area (Å²) in [5.74, 6) is 0.885. The fourth-order valence-corrected chi connectivity index (χ4v) is 3.05. The molecular weight excluding hydrogens is 324 g/mol. The summed E-state index contributed by atoms with van der Waals surface area (Å²) < 4.78 is 5.74. The average Bonchev–Trinajstić information content (AvgIpc) is 2.72. The highest BCUT2D eigenvalue weighted by Gasteiger charge is 2.19. The Kier molecular flexibility index (Phi) is 6.31. The number of amides is 1. The van der Waals surface area contributed by atoms with E-state index in [1.165, 1.54) is 5.69 Å². The second-order valence-corrected chi connectivity index (χ2v) is 6.37. The van der Waals surface area contributed by atoms with Crippen molar-refractivity contribution in [3.05, 3.63) is 66.2 Å². The van der Waals surface area contributed by atoms with Crippen molar-refractivity contribution in [2.45, 2.75) is 13.3 Å². The Hall–Kier alpha value is -2.75. The molecular formula is C22H26N2O2. The predicted molar refractivity (Wildman–Crippen MR) is 106 cm³/mol. The summed E-state index contributed by atoms with van der Waals surface area (Å²) in [5, 5.41) is 0. The molecule has 0 bridgehead atoms. The van der Waals surface area contributed by atoms with Crippen molar-refractivity contribution < 1.29 is 9.53 Å². The molecule has 1 saturated heterocycles. The smallest absolute Gasteiger partial charge is 0.246 e. The van der Waals surface area contributed by atoms with Gasteiger partial charge in [-0.15, -0.1) is 0 Å². The fraction of sp³-hybridized carbons (Fsp3) is 0.318. The predicted octanol–water partition coefficient (Wildman–Crippen LogP) is 3.84. The lowest BCUT2D eigenvalue weighted by Crippen LogP contribution is -2.48. The number of anilines is 1. The number of ether oxygens (including phenoxy) is 1. The van der Waals surface area contributed by atoms with E-state index in [1.807, 2.05) is 53.4 Å². The van der Waals surface area contributed by atoms with Gasteiger partial charge in [0.15, 0.2) is 0 Å². The normalized spacial score (nSPS) is 14.7. The van der Waals surface area contributed by atoms with Gasteiger partial charge < -0.3 is 14.5 Å². The minimum Gasteiger partial charge on any atom is -0.493 e. The quantitative estimate of drug-likeness (QED) is 0.742. The SMILES string of the molecule is CCCOc1ccccc1/C=C/C(=O)N1CCN(c2ccccc2)CC1. The monoisotopic (exact) mass is 350 g/mol. The van der Waals surface area contributed by atoms with Crippen molar-refractivity contribution in [3.8, 4) is 5.75 Å². The lowest BCUT2D eigenvalue weighted by Gasteiger charge is -2.35. The van der Waals surface area contributed by atoms with Crippen LogP contribution >= 0.6 is 0 Å². The number of para-hydroxylation sites is 2. The first-order valence-corrected chi connectivity index (χ1v) is 9.26. The lowest BCUT2D eigenvalue weighted by atomic mass is 10.2. The summed E-state index contributed by atoms with van der Waals surface area (Å²) in [7, 11) is 0. The van der Waals surface area contributed by atoms with Crippen molar-refractivity contribution in [2.75, 3.05) is 37.7 Å². The first-order valence-electron chi connectivity index (χ1n) is 9.26. The third kappa shape index (κ3) is 4.66. The molecule has 4 heteroatoms. The number of hydrogen-bond acceptors (Lipinski definition) is 3. The van der Waals surface area contributed by atoms with E-state index in [9.17, 15) is 4.79 Å². The maximum absolute atomic E-state index is 12.5. The first kappa shape index (κ1) is 18.1. The summed E-state index contributed by atoms with van der Waals surface area (Å²) in [6.45, 7) is 5.97. The highest BCUT2D eigenvalue weighted by molar-refractivity contribution is 5.92. The molecule has 1 aliphatic heterocycles. The van der Waals surface area contributed by atoms with Gasteiger partial charge in [0.25, 0.3) is 0 Å². The van der Waals surface area contributed by atoms with E-state index in [2.05, 4.69) is 24.0 Å². The van der Waals surface area contributed by atoms with Crippen LogP contribution in [0.5, 0.6) is 5.75 Å². The van der Waals surface area contributed by atoms with Gasteiger partial charge in [0.05, 0.1) is 6.61 Å². The molecule has 3 rings (SSSR count). The molecule has 1 fully saturated rings. The summed E-state index contributed by atoms with van der Waals surface area (Å²) in [4.78, 5) is 16.7. The van der Waals surface area contributed by atoms with Crippen LogP contribution in [-0.4, -0.2) is 43.6 Å². The largest absolute Gasteiger partial charge is 0.493 e. The Morgan fingerprint density at radius 3 is 2.42 bits per heavy atom. The third-order valence-corrected chi connectivity index (χ3v) is 4.50. The van der Waals surface area contributed by atoms with Gasteiger partial charge in [-0.25, -0.2) is 0 Å². The van der Waals surface area contributed by atoms with Gasteiger partial charge in [-0.1, -0.05) is 43.3 Å². The van der Waals surface area contributed by atoms with E-state index in [-0.39, 0.29) is 5.91 Å². The lowest BCUT2D eigenvalue weighted by molar-refractivity contribution is -0.126. The van der Waals surface area contributed by atoms with E-state index in [1.54, 1.807) is 6.08 Å². The molecule has 0 aliphatic carbocycles. The molecule has 26 heavy (non-hydrogen) atoms. The highest BCUT2D eigenvalue weighted by Crippen LogP contribution is 2.20. The highest BCUT2D eigenvalue weighted by atomic mass is 16.5. The number of benzene rings is 2. The van der Waals surface area contributed by atoms with Gasteiger partial charge >= 0.3 is 0 Å². The summed E-state index contributed by atoms with van der Waals surface area (Å²) in [6, 6.07) is 18.2. The molecule has 0 saturated carbocycles. The number of hydrogen-bond donors (Lipinski definition) is 0. The Balaban J connectivity index is 1.57. The first-order chi connectivity index (χ1) is 12.8. The molecule has 2 aromatic rings. The second-order valence-electron chi connectivity index (χ2n) is 6.37. The van der Waals surface area contributed by atoms with Crippen molar-refractivity contribution in [2.24, 2.45) is 0 Å². The van der Waals surface area contributed by atoms with Gasteiger partial charge in [0.1, 0.15) is 5.75 Å². The van der Waals surface area contributed by atoms with Gasteiger partial charge in [-0.3, -0.25) is 4.79 Å². The van der Waals surface area contributed by atoms with Crippen molar-refractivity contribution >= 4 is 17.7 Å². The zero-order chi connectivity index (χ0) is 18.2. The Bertz CT molecular complexity index is 735. The summed E-state index contributed by atoms with van der Waals surface area (Å²) in [5.41, 5.74) is 2.16. The molecule has 1 amide bonds. The number of nitrogens with zero attached hydrogens (tertiary/aromatic N) is 2. The Morgan fingerprint density at radius 1 is 1.00 bits per heavy atom. The van der Waals surface area contributed by atoms with Gasteiger partial charge in [0, 0.05) is 43.5 Å². The van der Waals surface area contributed by atoms with Crippen LogP contribution in [0.25, 0.3) is 6.08 Å². The van der Waals surface area contributed by atoms with E-state index in [0.717, 1.165) is 43.9 Å². The molecule has 0 unspecified atom stereocenters. The van der Waals surface area contributed by atoms with Crippen LogP contribution in [0.4, 0.5) is 5.69 Å². The van der Waals surface area contributed by atoms with E-state index < -0.39 is 0 Å². The molecule has 0 atom stereocenters. The molecule has 2 aromatic carbocycles. The van der Waals surface area contributed by atoms with E-state index in [0.29, 0.717) is 6.61 Å². The Labute approximate surface area is 155 Å². The molecule has 0 N–H and O–H groups in total. The Morgan fingerprint density at radius 2 is 1.69 bits per heavy atom. The molecule has 0 spiro atoms. The zero-order valence-electron chi connectivity index (χ0n) is 15.3. The van der Waals surface area contributed by atoms with Crippen molar-refractivity contribution in [1.82, 2.24) is 4.90 Å². The number of carbonyl (C=O) groups is 1. The summed E-state index contributed by atoms with van der Waals surface area (Å²) in [6.07, 6.45) is 4.48. The summed E-state index contributed by atoms with van der Waals surface area (Å²) >= 11 is 0. The van der Waals surface area contributed by atoms with Crippen molar-refractivity contribution in [3.63, 3.8) is 0 Å². The minimum atomic E-state index is 0.0583. The minimum absolute atomic E-state index is 0.0583.